The number of nitro groups is 1. The lowest BCUT2D eigenvalue weighted by Crippen LogP contribution is -2.00. The minimum absolute atomic E-state index is 0.125. The van der Waals surface area contributed by atoms with Gasteiger partial charge in [-0.05, 0) is 24.3 Å². The summed E-state index contributed by atoms with van der Waals surface area (Å²) in [6.07, 6.45) is 3.18. The van der Waals surface area contributed by atoms with Crippen LogP contribution < -0.4 is 23.7 Å². The summed E-state index contributed by atoms with van der Waals surface area (Å²) in [5, 5.41) is 12.7. The number of benzene rings is 3. The van der Waals surface area contributed by atoms with Crippen LogP contribution in [-0.4, -0.2) is 55.0 Å². The molecule has 11 nitrogen and oxygen atoms in total. The molecule has 0 saturated carbocycles. The molecule has 39 heavy (non-hydrogen) atoms. The van der Waals surface area contributed by atoms with E-state index < -0.39 is 4.92 Å². The molecule has 2 aromatic heterocycles. The predicted molar refractivity (Wildman–Crippen MR) is 147 cm³/mol. The highest BCUT2D eigenvalue weighted by atomic mass is 32.1. The van der Waals surface area contributed by atoms with Crippen LogP contribution in [0.4, 0.5) is 5.69 Å². The zero-order valence-corrected chi connectivity index (χ0v) is 22.6. The lowest BCUT2D eigenvalue weighted by molar-refractivity contribution is -0.384. The topological polar surface area (TPSA) is 120 Å². The van der Waals surface area contributed by atoms with Crippen molar-refractivity contribution in [2.75, 3.05) is 35.5 Å². The number of aromatic nitrogens is 3. The molecule has 0 radical (unpaired) electrons. The Hall–Kier alpha value is -4.84. The first kappa shape index (κ1) is 25.8. The summed E-state index contributed by atoms with van der Waals surface area (Å²) in [6.45, 7) is 0. The second kappa shape index (κ2) is 10.5. The lowest BCUT2D eigenvalue weighted by Gasteiger charge is -2.13. The van der Waals surface area contributed by atoms with Crippen LogP contribution in [0.2, 0.25) is 0 Å². The van der Waals surface area contributed by atoms with Crippen LogP contribution in [0.5, 0.6) is 28.7 Å². The number of methoxy groups -OCH3 is 5. The second-order valence-electron chi connectivity index (χ2n) is 8.19. The fourth-order valence-electron chi connectivity index (χ4n) is 4.34. The van der Waals surface area contributed by atoms with Gasteiger partial charge in [-0.15, -0.1) is 11.3 Å². The molecule has 12 heteroatoms. The summed E-state index contributed by atoms with van der Waals surface area (Å²) < 4.78 is 29.8. The molecule has 0 saturated heterocycles. The van der Waals surface area contributed by atoms with E-state index in [9.17, 15) is 10.1 Å². The van der Waals surface area contributed by atoms with Crippen molar-refractivity contribution in [1.29, 1.82) is 0 Å². The van der Waals surface area contributed by atoms with E-state index in [0.717, 1.165) is 26.5 Å². The van der Waals surface area contributed by atoms with Gasteiger partial charge in [0.1, 0.15) is 9.71 Å². The Morgan fingerprint density at radius 3 is 2.13 bits per heavy atom. The second-order valence-corrected chi connectivity index (χ2v) is 9.19. The molecule has 0 aliphatic heterocycles. The first-order valence-electron chi connectivity index (χ1n) is 11.6. The molecule has 200 valence electrons. The SMILES string of the molecule is COc1cc(-c2cncn2-c2ccc(-c3nc4cc(OC)c(OC)c(OC)c4s3)cc2)c([N+](=O)[O-])cc1OC. The van der Waals surface area contributed by atoms with Gasteiger partial charge in [0.25, 0.3) is 5.69 Å². The monoisotopic (exact) mass is 548 g/mol. The van der Waals surface area contributed by atoms with E-state index >= 15 is 0 Å². The van der Waals surface area contributed by atoms with Gasteiger partial charge in [0.2, 0.25) is 5.75 Å². The molecule has 0 aliphatic carbocycles. The standard InChI is InChI=1S/C27H24N4O7S/c1-34-21-10-17(19(31(32)33)12-22(21)35-2)20-13-28-14-30(20)16-8-6-15(7-9-16)27-29-18-11-23(36-3)24(37-4)25(38-5)26(18)39-27/h6-14H,1-5H3. The molecule has 0 aliphatic rings. The molecular formula is C27H24N4O7S. The Balaban J connectivity index is 1.55. The summed E-state index contributed by atoms with van der Waals surface area (Å²) >= 11 is 1.47. The van der Waals surface area contributed by atoms with Crippen LogP contribution in [0, 0.1) is 10.1 Å². The maximum atomic E-state index is 11.9. The minimum Gasteiger partial charge on any atom is -0.493 e. The number of rotatable bonds is 9. The number of hydrogen-bond acceptors (Lipinski definition) is 10. The van der Waals surface area contributed by atoms with Crippen molar-refractivity contribution < 1.29 is 28.6 Å². The third-order valence-electron chi connectivity index (χ3n) is 6.19. The molecule has 0 bridgehead atoms. The molecule has 0 N–H and O–H groups in total. The van der Waals surface area contributed by atoms with Gasteiger partial charge in [0.05, 0.1) is 75.8 Å². The number of nitrogens with zero attached hydrogens (tertiary/aromatic N) is 4. The Bertz CT molecular complexity index is 1680. The van der Waals surface area contributed by atoms with Crippen molar-refractivity contribution in [1.82, 2.24) is 14.5 Å². The molecular weight excluding hydrogens is 524 g/mol. The highest BCUT2D eigenvalue weighted by molar-refractivity contribution is 7.22. The van der Waals surface area contributed by atoms with Gasteiger partial charge in [0, 0.05) is 23.4 Å². The van der Waals surface area contributed by atoms with Gasteiger partial charge in [-0.3, -0.25) is 14.7 Å². The van der Waals surface area contributed by atoms with Gasteiger partial charge in [-0.25, -0.2) is 9.97 Å². The van der Waals surface area contributed by atoms with E-state index in [-0.39, 0.29) is 11.4 Å². The smallest absolute Gasteiger partial charge is 0.282 e. The van der Waals surface area contributed by atoms with Crippen molar-refractivity contribution >= 4 is 27.2 Å². The Morgan fingerprint density at radius 2 is 1.51 bits per heavy atom. The average molecular weight is 549 g/mol. The third-order valence-corrected chi connectivity index (χ3v) is 7.31. The van der Waals surface area contributed by atoms with Crippen LogP contribution in [0.15, 0.2) is 55.0 Å². The van der Waals surface area contributed by atoms with Gasteiger partial charge >= 0.3 is 0 Å². The third kappa shape index (κ3) is 4.44. The van der Waals surface area contributed by atoms with Crippen molar-refractivity contribution in [2.45, 2.75) is 0 Å². The number of fused-ring (bicyclic) bond motifs is 1. The number of ether oxygens (including phenoxy) is 5. The first-order valence-corrected chi connectivity index (χ1v) is 12.4. The van der Waals surface area contributed by atoms with Crippen LogP contribution in [0.1, 0.15) is 0 Å². The molecule has 3 aromatic carbocycles. The molecule has 0 atom stereocenters. The highest BCUT2D eigenvalue weighted by Gasteiger charge is 2.24. The lowest BCUT2D eigenvalue weighted by atomic mass is 10.1. The Morgan fingerprint density at radius 1 is 0.846 bits per heavy atom. The van der Waals surface area contributed by atoms with E-state index in [1.807, 2.05) is 30.3 Å². The first-order chi connectivity index (χ1) is 18.9. The maximum absolute atomic E-state index is 11.9. The van der Waals surface area contributed by atoms with Gasteiger partial charge < -0.3 is 23.7 Å². The van der Waals surface area contributed by atoms with Gasteiger partial charge in [0.15, 0.2) is 23.0 Å². The summed E-state index contributed by atoms with van der Waals surface area (Å²) in [5.41, 5.74) is 3.13. The minimum atomic E-state index is -0.455. The molecule has 2 heterocycles. The summed E-state index contributed by atoms with van der Waals surface area (Å²) in [4.78, 5) is 20.5. The van der Waals surface area contributed by atoms with Crippen LogP contribution in [-0.2, 0) is 0 Å². The molecule has 0 fully saturated rings. The largest absolute Gasteiger partial charge is 0.493 e. The van der Waals surface area contributed by atoms with Crippen molar-refractivity contribution in [3.63, 3.8) is 0 Å². The van der Waals surface area contributed by atoms with Crippen LogP contribution in [0.3, 0.4) is 0 Å². The number of thiazole rings is 1. The fraction of sp³-hybridized carbons (Fsp3) is 0.185. The Kier molecular flexibility index (Phi) is 6.94. The number of hydrogen-bond donors (Lipinski definition) is 0. The maximum Gasteiger partial charge on any atom is 0.282 e. The Labute approximate surface area is 227 Å². The normalized spacial score (nSPS) is 10.9. The van der Waals surface area contributed by atoms with Crippen molar-refractivity contribution in [2.24, 2.45) is 0 Å². The fourth-order valence-corrected chi connectivity index (χ4v) is 5.41. The van der Waals surface area contributed by atoms with E-state index in [1.165, 1.54) is 31.6 Å². The average Bonchev–Trinajstić information content (AvgIpc) is 3.62. The van der Waals surface area contributed by atoms with Crippen molar-refractivity contribution in [3.8, 4) is 56.3 Å². The van der Waals surface area contributed by atoms with E-state index in [1.54, 1.807) is 44.5 Å². The molecule has 5 rings (SSSR count). The molecule has 0 spiro atoms. The van der Waals surface area contributed by atoms with Crippen molar-refractivity contribution in [3.05, 3.63) is 65.1 Å². The summed E-state index contributed by atoms with van der Waals surface area (Å²) in [7, 11) is 7.62. The number of nitro benzene ring substituents is 1. The van der Waals surface area contributed by atoms with E-state index in [0.29, 0.717) is 34.3 Å². The zero-order valence-electron chi connectivity index (χ0n) is 21.8. The van der Waals surface area contributed by atoms with Gasteiger partial charge in [-0.2, -0.15) is 0 Å². The van der Waals surface area contributed by atoms with Crippen LogP contribution in [0.25, 0.3) is 37.7 Å². The zero-order chi connectivity index (χ0) is 27.7. The van der Waals surface area contributed by atoms with E-state index in [4.69, 9.17) is 28.7 Å². The summed E-state index contributed by atoms with van der Waals surface area (Å²) in [5.74, 6) is 2.25. The molecule has 0 amide bonds. The molecule has 5 aromatic rings. The van der Waals surface area contributed by atoms with Crippen LogP contribution >= 0.6 is 11.3 Å². The van der Waals surface area contributed by atoms with Gasteiger partial charge in [-0.1, -0.05) is 0 Å². The summed E-state index contributed by atoms with van der Waals surface area (Å²) in [6, 6.07) is 12.4. The van der Waals surface area contributed by atoms with E-state index in [2.05, 4.69) is 4.98 Å². The quantitative estimate of drug-likeness (QED) is 0.167. The predicted octanol–water partition coefficient (Wildman–Crippen LogP) is 5.77. The molecule has 0 unspecified atom stereocenters. The highest BCUT2D eigenvalue weighted by Crippen LogP contribution is 2.47. The number of imidazole rings is 1.